The van der Waals surface area contributed by atoms with Gasteiger partial charge in [0.2, 0.25) is 0 Å². The summed E-state index contributed by atoms with van der Waals surface area (Å²) in [5, 5.41) is 12.4. The van der Waals surface area contributed by atoms with Crippen LogP contribution in [-0.4, -0.2) is 25.7 Å². The molecule has 0 aliphatic rings. The van der Waals surface area contributed by atoms with Gasteiger partial charge >= 0.3 is 0 Å². The fourth-order valence-electron chi connectivity index (χ4n) is 2.21. The Morgan fingerprint density at radius 2 is 1.95 bits per heavy atom. The van der Waals surface area contributed by atoms with Crippen LogP contribution < -0.4 is 10.2 Å². The molecule has 0 saturated carbocycles. The Balaban J connectivity index is 2.29. The van der Waals surface area contributed by atoms with Crippen molar-refractivity contribution in [1.29, 1.82) is 5.26 Å². The first-order valence-electron chi connectivity index (χ1n) is 7.04. The Morgan fingerprint density at radius 1 is 1.26 bits per heavy atom. The lowest BCUT2D eigenvalue weighted by Crippen LogP contribution is -2.40. The third-order valence-electron chi connectivity index (χ3n) is 3.43. The zero-order valence-corrected chi connectivity index (χ0v) is 12.3. The van der Waals surface area contributed by atoms with E-state index >= 15 is 0 Å². The highest BCUT2D eigenvalue weighted by atomic mass is 15.1. The number of hydrogen-bond donors (Lipinski definition) is 1. The quantitative estimate of drug-likeness (QED) is 0.729. The summed E-state index contributed by atoms with van der Waals surface area (Å²) in [6, 6.07) is 12.8. The molecule has 0 aromatic heterocycles. The lowest BCUT2D eigenvalue weighted by atomic mass is 9.96. The standard InChI is InChI=1S/C16H25N3/c1-4-18-16(2,14-17)12-8-9-13-19(3)15-10-6-5-7-11-15/h5-7,10-11,18H,4,8-9,12-13H2,1-3H3. The maximum absolute atomic E-state index is 9.18. The van der Waals surface area contributed by atoms with Crippen LogP contribution in [-0.2, 0) is 0 Å². The Hall–Kier alpha value is -1.53. The van der Waals surface area contributed by atoms with Crippen molar-refractivity contribution in [2.24, 2.45) is 0 Å². The normalized spacial score (nSPS) is 13.6. The molecule has 19 heavy (non-hydrogen) atoms. The van der Waals surface area contributed by atoms with Crippen LogP contribution in [0.15, 0.2) is 30.3 Å². The SMILES string of the molecule is CCNC(C)(C#N)CCCCN(C)c1ccccc1. The Morgan fingerprint density at radius 3 is 2.53 bits per heavy atom. The highest BCUT2D eigenvalue weighted by Crippen LogP contribution is 2.15. The van der Waals surface area contributed by atoms with Crippen LogP contribution in [0.5, 0.6) is 0 Å². The molecule has 1 N–H and O–H groups in total. The molecule has 104 valence electrons. The summed E-state index contributed by atoms with van der Waals surface area (Å²) in [6.07, 6.45) is 3.07. The first-order valence-corrected chi connectivity index (χ1v) is 7.04. The molecular formula is C16H25N3. The van der Waals surface area contributed by atoms with Gasteiger partial charge in [-0.05, 0) is 44.9 Å². The predicted octanol–water partition coefficient (Wildman–Crippen LogP) is 3.18. The molecule has 0 heterocycles. The van der Waals surface area contributed by atoms with Crippen molar-refractivity contribution in [2.45, 2.75) is 38.6 Å². The summed E-state index contributed by atoms with van der Waals surface area (Å²) in [5.41, 5.74) is 0.873. The molecule has 1 aromatic carbocycles. The molecule has 1 atom stereocenters. The van der Waals surface area contributed by atoms with Crippen molar-refractivity contribution >= 4 is 5.69 Å². The van der Waals surface area contributed by atoms with Gasteiger partial charge in [0.1, 0.15) is 5.54 Å². The molecular weight excluding hydrogens is 234 g/mol. The lowest BCUT2D eigenvalue weighted by molar-refractivity contribution is 0.412. The highest BCUT2D eigenvalue weighted by Gasteiger charge is 2.21. The number of benzene rings is 1. The average Bonchev–Trinajstić information content (AvgIpc) is 2.44. The summed E-state index contributed by atoms with van der Waals surface area (Å²) in [7, 11) is 2.11. The minimum absolute atomic E-state index is 0.375. The molecule has 0 bridgehead atoms. The van der Waals surface area contributed by atoms with E-state index in [4.69, 9.17) is 0 Å². The average molecular weight is 259 g/mol. The fraction of sp³-hybridized carbons (Fsp3) is 0.562. The minimum Gasteiger partial charge on any atom is -0.375 e. The number of nitrogens with one attached hydrogen (secondary N) is 1. The van der Waals surface area contributed by atoms with E-state index in [1.54, 1.807) is 0 Å². The number of nitriles is 1. The zero-order valence-electron chi connectivity index (χ0n) is 12.3. The number of para-hydroxylation sites is 1. The Bertz CT molecular complexity index is 396. The van der Waals surface area contributed by atoms with Crippen LogP contribution in [0.2, 0.25) is 0 Å². The van der Waals surface area contributed by atoms with E-state index in [0.717, 1.165) is 32.4 Å². The predicted molar refractivity (Wildman–Crippen MR) is 81.3 cm³/mol. The smallest absolute Gasteiger partial charge is 0.103 e. The second-order valence-electron chi connectivity index (χ2n) is 5.19. The monoisotopic (exact) mass is 259 g/mol. The molecule has 0 amide bonds. The molecule has 3 heteroatoms. The first kappa shape index (κ1) is 15.5. The van der Waals surface area contributed by atoms with Crippen molar-refractivity contribution in [3.8, 4) is 6.07 Å². The topological polar surface area (TPSA) is 39.1 Å². The number of hydrogen-bond acceptors (Lipinski definition) is 3. The molecule has 0 saturated heterocycles. The molecule has 0 radical (unpaired) electrons. The van der Waals surface area contributed by atoms with Crippen molar-refractivity contribution < 1.29 is 0 Å². The Labute approximate surface area is 117 Å². The van der Waals surface area contributed by atoms with E-state index in [1.165, 1.54) is 5.69 Å². The lowest BCUT2D eigenvalue weighted by Gasteiger charge is -2.23. The minimum atomic E-state index is -0.375. The van der Waals surface area contributed by atoms with E-state index in [0.29, 0.717) is 0 Å². The summed E-state index contributed by atoms with van der Waals surface area (Å²) >= 11 is 0. The van der Waals surface area contributed by atoms with E-state index in [-0.39, 0.29) is 5.54 Å². The van der Waals surface area contributed by atoms with Gasteiger partial charge in [-0.25, -0.2) is 0 Å². The van der Waals surface area contributed by atoms with Gasteiger partial charge in [-0.15, -0.1) is 0 Å². The third-order valence-corrected chi connectivity index (χ3v) is 3.43. The number of rotatable bonds is 8. The molecule has 1 rings (SSSR count). The maximum Gasteiger partial charge on any atom is 0.103 e. The van der Waals surface area contributed by atoms with E-state index in [1.807, 2.05) is 19.9 Å². The van der Waals surface area contributed by atoms with E-state index < -0.39 is 0 Å². The van der Waals surface area contributed by atoms with Crippen LogP contribution in [0.4, 0.5) is 5.69 Å². The molecule has 0 aliphatic heterocycles. The van der Waals surface area contributed by atoms with Crippen molar-refractivity contribution in [2.75, 3.05) is 25.0 Å². The van der Waals surface area contributed by atoms with Crippen LogP contribution >= 0.6 is 0 Å². The van der Waals surface area contributed by atoms with Gasteiger partial charge in [0, 0.05) is 19.3 Å². The second-order valence-corrected chi connectivity index (χ2v) is 5.19. The van der Waals surface area contributed by atoms with Gasteiger partial charge in [0.15, 0.2) is 0 Å². The number of nitrogens with zero attached hydrogens (tertiary/aromatic N) is 2. The fourth-order valence-corrected chi connectivity index (χ4v) is 2.21. The third kappa shape index (κ3) is 5.32. The van der Waals surface area contributed by atoms with Gasteiger partial charge in [0.25, 0.3) is 0 Å². The van der Waals surface area contributed by atoms with Crippen LogP contribution in [0.1, 0.15) is 33.1 Å². The summed E-state index contributed by atoms with van der Waals surface area (Å²) in [5.74, 6) is 0. The molecule has 0 fully saturated rings. The summed E-state index contributed by atoms with van der Waals surface area (Å²) < 4.78 is 0. The van der Waals surface area contributed by atoms with Gasteiger partial charge in [0.05, 0.1) is 6.07 Å². The van der Waals surface area contributed by atoms with Crippen LogP contribution in [0.25, 0.3) is 0 Å². The summed E-state index contributed by atoms with van der Waals surface area (Å²) in [4.78, 5) is 2.26. The number of anilines is 1. The van der Waals surface area contributed by atoms with E-state index in [9.17, 15) is 5.26 Å². The Kier molecular flexibility index (Phi) is 6.38. The van der Waals surface area contributed by atoms with Crippen LogP contribution in [0.3, 0.4) is 0 Å². The largest absolute Gasteiger partial charge is 0.375 e. The molecule has 3 nitrogen and oxygen atoms in total. The zero-order chi connectivity index (χ0) is 14.1. The van der Waals surface area contributed by atoms with Crippen LogP contribution in [0, 0.1) is 11.3 Å². The van der Waals surface area contributed by atoms with E-state index in [2.05, 4.69) is 47.6 Å². The van der Waals surface area contributed by atoms with Gasteiger partial charge in [-0.2, -0.15) is 5.26 Å². The number of unbranched alkanes of at least 4 members (excludes halogenated alkanes) is 1. The van der Waals surface area contributed by atoms with Crippen molar-refractivity contribution in [1.82, 2.24) is 5.32 Å². The van der Waals surface area contributed by atoms with Crippen molar-refractivity contribution in [3.63, 3.8) is 0 Å². The second kappa shape index (κ2) is 7.81. The van der Waals surface area contributed by atoms with Gasteiger partial charge in [-0.3, -0.25) is 5.32 Å². The maximum atomic E-state index is 9.18. The highest BCUT2D eigenvalue weighted by molar-refractivity contribution is 5.44. The molecule has 1 unspecified atom stereocenters. The molecule has 1 aromatic rings. The first-order chi connectivity index (χ1) is 9.11. The van der Waals surface area contributed by atoms with Crippen molar-refractivity contribution in [3.05, 3.63) is 30.3 Å². The van der Waals surface area contributed by atoms with Gasteiger partial charge < -0.3 is 4.90 Å². The molecule has 0 aliphatic carbocycles. The molecule has 0 spiro atoms. The summed E-state index contributed by atoms with van der Waals surface area (Å²) in [6.45, 7) is 5.89. The van der Waals surface area contributed by atoms with Gasteiger partial charge in [-0.1, -0.05) is 25.1 Å².